The highest BCUT2D eigenvalue weighted by atomic mass is 19.4. The Kier molecular flexibility index (Phi) is 4.12. The zero-order valence-electron chi connectivity index (χ0n) is 14.5. The maximum Gasteiger partial charge on any atom is 0.422 e. The first-order valence-electron chi connectivity index (χ1n) is 8.21. The molecule has 3 rings (SSSR count). The number of hydrogen-bond donors (Lipinski definition) is 0. The summed E-state index contributed by atoms with van der Waals surface area (Å²) in [4.78, 5) is 36.5. The van der Waals surface area contributed by atoms with Crippen LogP contribution in [0.4, 0.5) is 13.2 Å². The molecule has 6 nitrogen and oxygen atoms in total. The van der Waals surface area contributed by atoms with Gasteiger partial charge in [-0.25, -0.2) is 4.79 Å². The van der Waals surface area contributed by atoms with Crippen molar-refractivity contribution in [1.29, 1.82) is 0 Å². The van der Waals surface area contributed by atoms with E-state index in [-0.39, 0.29) is 5.92 Å². The Balaban J connectivity index is 1.81. The van der Waals surface area contributed by atoms with Gasteiger partial charge in [-0.2, -0.15) is 13.2 Å². The third-order valence-corrected chi connectivity index (χ3v) is 5.06. The molecule has 0 amide bonds. The van der Waals surface area contributed by atoms with Gasteiger partial charge >= 0.3 is 24.1 Å². The van der Waals surface area contributed by atoms with E-state index >= 15 is 0 Å². The van der Waals surface area contributed by atoms with Gasteiger partial charge in [0.1, 0.15) is 23.4 Å². The second-order valence-electron chi connectivity index (χ2n) is 7.90. The fourth-order valence-corrected chi connectivity index (χ4v) is 4.15. The molecule has 1 aliphatic heterocycles. The zero-order chi connectivity index (χ0) is 19.6. The SMILES string of the molecule is C=C(C(=O)OC1C2CC3C1OC(=O)C3C2C(=O)OC(C)(C)C)C(F)(F)F. The molecule has 3 fully saturated rings. The van der Waals surface area contributed by atoms with Crippen LogP contribution < -0.4 is 0 Å². The number of rotatable bonds is 3. The minimum Gasteiger partial charge on any atom is -0.460 e. The Hall–Kier alpha value is -2.06. The fourth-order valence-electron chi connectivity index (χ4n) is 4.15. The number of halogens is 3. The van der Waals surface area contributed by atoms with Crippen molar-refractivity contribution < 1.29 is 41.8 Å². The van der Waals surface area contributed by atoms with Gasteiger partial charge in [0.2, 0.25) is 0 Å². The largest absolute Gasteiger partial charge is 0.460 e. The molecule has 0 aromatic heterocycles. The Morgan fingerprint density at radius 1 is 1.19 bits per heavy atom. The highest BCUT2D eigenvalue weighted by Gasteiger charge is 2.70. The van der Waals surface area contributed by atoms with Crippen LogP contribution in [0.1, 0.15) is 27.2 Å². The summed E-state index contributed by atoms with van der Waals surface area (Å²) in [6.45, 7) is 7.71. The van der Waals surface area contributed by atoms with Gasteiger partial charge in [0.05, 0.1) is 11.8 Å². The average Bonchev–Trinajstić information content (AvgIpc) is 3.06. The lowest BCUT2D eigenvalue weighted by Gasteiger charge is -2.32. The molecule has 6 unspecified atom stereocenters. The van der Waals surface area contributed by atoms with E-state index in [1.807, 2.05) is 0 Å². The van der Waals surface area contributed by atoms with Gasteiger partial charge in [-0.3, -0.25) is 9.59 Å². The molecular formula is C17H19F3O6. The first kappa shape index (κ1) is 18.7. The van der Waals surface area contributed by atoms with Gasteiger partial charge in [-0.05, 0) is 27.2 Å². The molecule has 6 atom stereocenters. The van der Waals surface area contributed by atoms with Gasteiger partial charge in [0.15, 0.2) is 0 Å². The number of fused-ring (bicyclic) bond motifs is 1. The summed E-state index contributed by atoms with van der Waals surface area (Å²) >= 11 is 0. The van der Waals surface area contributed by atoms with Crippen molar-refractivity contribution in [3.8, 4) is 0 Å². The summed E-state index contributed by atoms with van der Waals surface area (Å²) in [5, 5.41) is 0. The Morgan fingerprint density at radius 3 is 2.35 bits per heavy atom. The molecule has 1 heterocycles. The lowest BCUT2D eigenvalue weighted by atomic mass is 9.78. The smallest absolute Gasteiger partial charge is 0.422 e. The van der Waals surface area contributed by atoms with Crippen molar-refractivity contribution in [3.63, 3.8) is 0 Å². The molecule has 2 bridgehead atoms. The van der Waals surface area contributed by atoms with Gasteiger partial charge in [0, 0.05) is 11.8 Å². The standard InChI is InChI=1S/C17H19F3O6/c1-6(17(18,19)20)13(21)24-11-8-5-7-9(14(22)25-12(7)11)10(8)15(23)26-16(2,3)4/h7-12H,1,5H2,2-4H3. The molecule has 1 saturated heterocycles. The van der Waals surface area contributed by atoms with Crippen molar-refractivity contribution in [1.82, 2.24) is 0 Å². The maximum atomic E-state index is 12.6. The van der Waals surface area contributed by atoms with E-state index in [2.05, 4.69) is 6.58 Å². The first-order valence-corrected chi connectivity index (χ1v) is 8.21. The summed E-state index contributed by atoms with van der Waals surface area (Å²) < 4.78 is 53.4. The highest BCUT2D eigenvalue weighted by Crippen LogP contribution is 2.59. The quantitative estimate of drug-likeness (QED) is 0.427. The van der Waals surface area contributed by atoms with Gasteiger partial charge in [0.25, 0.3) is 0 Å². The number of ether oxygens (including phenoxy) is 3. The second-order valence-corrected chi connectivity index (χ2v) is 7.90. The molecule has 0 spiro atoms. The van der Waals surface area contributed by atoms with E-state index in [1.54, 1.807) is 20.8 Å². The van der Waals surface area contributed by atoms with Crippen LogP contribution in [0, 0.1) is 23.7 Å². The maximum absolute atomic E-state index is 12.6. The monoisotopic (exact) mass is 376 g/mol. The lowest BCUT2D eigenvalue weighted by Crippen LogP contribution is -2.45. The van der Waals surface area contributed by atoms with Crippen LogP contribution in [0.3, 0.4) is 0 Å². The van der Waals surface area contributed by atoms with Crippen LogP contribution in [-0.4, -0.2) is 41.9 Å². The Labute approximate surface area is 147 Å². The molecule has 0 aromatic rings. The van der Waals surface area contributed by atoms with Crippen LogP contribution in [0.5, 0.6) is 0 Å². The number of alkyl halides is 3. The predicted molar refractivity (Wildman–Crippen MR) is 79.4 cm³/mol. The normalized spacial score (nSPS) is 35.2. The summed E-state index contributed by atoms with van der Waals surface area (Å²) in [5.74, 6) is -5.47. The van der Waals surface area contributed by atoms with Crippen molar-refractivity contribution in [2.75, 3.05) is 0 Å². The fraction of sp³-hybridized carbons (Fsp3) is 0.706. The van der Waals surface area contributed by atoms with E-state index in [0.29, 0.717) is 6.42 Å². The van der Waals surface area contributed by atoms with Crippen LogP contribution in [-0.2, 0) is 28.6 Å². The summed E-state index contributed by atoms with van der Waals surface area (Å²) in [7, 11) is 0. The Morgan fingerprint density at radius 2 is 1.81 bits per heavy atom. The van der Waals surface area contributed by atoms with Crippen molar-refractivity contribution in [2.24, 2.45) is 23.7 Å². The van der Waals surface area contributed by atoms with E-state index in [1.165, 1.54) is 0 Å². The molecule has 26 heavy (non-hydrogen) atoms. The molecule has 2 aliphatic carbocycles. The minimum atomic E-state index is -4.92. The van der Waals surface area contributed by atoms with Crippen LogP contribution in [0.2, 0.25) is 0 Å². The molecule has 0 aromatic carbocycles. The van der Waals surface area contributed by atoms with Crippen LogP contribution in [0.15, 0.2) is 12.2 Å². The number of carbonyl (C=O) groups is 3. The van der Waals surface area contributed by atoms with Crippen molar-refractivity contribution in [2.45, 2.75) is 51.2 Å². The van der Waals surface area contributed by atoms with Crippen molar-refractivity contribution in [3.05, 3.63) is 12.2 Å². The average molecular weight is 376 g/mol. The molecule has 0 N–H and O–H groups in total. The molecular weight excluding hydrogens is 357 g/mol. The summed E-state index contributed by atoms with van der Waals surface area (Å²) in [5.41, 5.74) is -2.44. The highest BCUT2D eigenvalue weighted by molar-refractivity contribution is 5.90. The molecule has 144 valence electrons. The molecule has 9 heteroatoms. The van der Waals surface area contributed by atoms with Crippen LogP contribution in [0.25, 0.3) is 0 Å². The van der Waals surface area contributed by atoms with E-state index < -0.39 is 65.2 Å². The molecule has 3 aliphatic rings. The third-order valence-electron chi connectivity index (χ3n) is 5.06. The van der Waals surface area contributed by atoms with Gasteiger partial charge < -0.3 is 14.2 Å². The first-order chi connectivity index (χ1) is 11.8. The number of hydrogen-bond acceptors (Lipinski definition) is 6. The second kappa shape index (κ2) is 5.72. The Bertz CT molecular complexity index is 677. The molecule has 0 radical (unpaired) electrons. The van der Waals surface area contributed by atoms with E-state index in [0.717, 1.165) is 0 Å². The molecule has 2 saturated carbocycles. The van der Waals surface area contributed by atoms with Crippen molar-refractivity contribution >= 4 is 17.9 Å². The summed E-state index contributed by atoms with van der Waals surface area (Å²) in [6, 6.07) is 0. The van der Waals surface area contributed by atoms with Crippen LogP contribution >= 0.6 is 0 Å². The predicted octanol–water partition coefficient (Wildman–Crippen LogP) is 2.17. The van der Waals surface area contributed by atoms with Gasteiger partial charge in [-0.15, -0.1) is 0 Å². The topological polar surface area (TPSA) is 78.9 Å². The lowest BCUT2D eigenvalue weighted by molar-refractivity contribution is -0.173. The zero-order valence-corrected chi connectivity index (χ0v) is 14.5. The van der Waals surface area contributed by atoms with Gasteiger partial charge in [-0.1, -0.05) is 6.58 Å². The van der Waals surface area contributed by atoms with E-state index in [4.69, 9.17) is 14.2 Å². The third kappa shape index (κ3) is 2.97. The summed E-state index contributed by atoms with van der Waals surface area (Å²) in [6.07, 6.45) is -6.52. The van der Waals surface area contributed by atoms with E-state index in [9.17, 15) is 27.6 Å². The number of carbonyl (C=O) groups excluding carboxylic acids is 3. The number of esters is 3. The minimum absolute atomic E-state index is 0.349.